The van der Waals surface area contributed by atoms with Crippen LogP contribution in [0, 0.1) is 10.2 Å². The molecule has 0 aliphatic heterocycles. The van der Waals surface area contributed by atoms with Crippen LogP contribution in [0.4, 0.5) is 0 Å². The molecule has 2 aliphatic carbocycles. The van der Waals surface area contributed by atoms with Gasteiger partial charge >= 0.3 is 0 Å². The first-order valence-corrected chi connectivity index (χ1v) is 9.52. The summed E-state index contributed by atoms with van der Waals surface area (Å²) in [6.45, 7) is 2.74. The van der Waals surface area contributed by atoms with Gasteiger partial charge in [0.1, 0.15) is 0 Å². The van der Waals surface area contributed by atoms with Crippen molar-refractivity contribution in [3.8, 4) is 0 Å². The Hall–Kier alpha value is -1.99. The predicted molar refractivity (Wildman–Crippen MR) is 102 cm³/mol. The number of hydrogen-bond acceptors (Lipinski definition) is 4. The standard InChI is InChI=1S/C19H23N3O3S/c1-3-25-15-10-14(19(15)7-4-8-19)22(2)17(24)11-5-6-12-13(9-11)20-18(26)21-16(12)23/h5-6,9,14-15H,3-4,7-8,10H2,1-2H3,(H2,20,21,23,26)/t14-,15-/m0/s1. The highest BCUT2D eigenvalue weighted by molar-refractivity contribution is 7.71. The largest absolute Gasteiger partial charge is 0.378 e. The van der Waals surface area contributed by atoms with Crippen molar-refractivity contribution in [1.29, 1.82) is 0 Å². The van der Waals surface area contributed by atoms with Gasteiger partial charge in [-0.3, -0.25) is 14.6 Å². The molecule has 0 saturated heterocycles. The summed E-state index contributed by atoms with van der Waals surface area (Å²) < 4.78 is 6.15. The van der Waals surface area contributed by atoms with Crippen molar-refractivity contribution in [3.05, 3.63) is 38.9 Å². The van der Waals surface area contributed by atoms with E-state index in [0.29, 0.717) is 16.5 Å². The van der Waals surface area contributed by atoms with Crippen LogP contribution in [0.3, 0.4) is 0 Å². The summed E-state index contributed by atoms with van der Waals surface area (Å²) in [4.78, 5) is 32.4. The minimum Gasteiger partial charge on any atom is -0.378 e. The Morgan fingerprint density at radius 3 is 2.81 bits per heavy atom. The molecule has 1 aromatic carbocycles. The van der Waals surface area contributed by atoms with E-state index in [1.807, 2.05) is 18.9 Å². The third kappa shape index (κ3) is 2.53. The number of carbonyl (C=O) groups is 1. The second-order valence-corrected chi connectivity index (χ2v) is 7.78. The fourth-order valence-electron chi connectivity index (χ4n) is 4.59. The second-order valence-electron chi connectivity index (χ2n) is 7.37. The number of fused-ring (bicyclic) bond motifs is 1. The molecule has 1 spiro atoms. The molecule has 2 fully saturated rings. The monoisotopic (exact) mass is 373 g/mol. The number of nitrogens with zero attached hydrogens (tertiary/aromatic N) is 1. The van der Waals surface area contributed by atoms with Crippen molar-refractivity contribution in [2.45, 2.75) is 44.8 Å². The van der Waals surface area contributed by atoms with Crippen LogP contribution in [0.5, 0.6) is 0 Å². The summed E-state index contributed by atoms with van der Waals surface area (Å²) in [5, 5.41) is 0.494. The van der Waals surface area contributed by atoms with Gasteiger partial charge in [0.25, 0.3) is 11.5 Å². The van der Waals surface area contributed by atoms with Gasteiger partial charge in [-0.15, -0.1) is 0 Å². The normalized spacial score (nSPS) is 23.5. The molecule has 0 radical (unpaired) electrons. The highest BCUT2D eigenvalue weighted by Gasteiger charge is 2.60. The lowest BCUT2D eigenvalue weighted by Crippen LogP contribution is -2.67. The number of hydrogen-bond donors (Lipinski definition) is 2. The number of carbonyl (C=O) groups excluding carboxylic acids is 1. The molecule has 2 atom stereocenters. The van der Waals surface area contributed by atoms with Crippen LogP contribution >= 0.6 is 12.2 Å². The summed E-state index contributed by atoms with van der Waals surface area (Å²) in [7, 11) is 1.87. The minimum absolute atomic E-state index is 0.0299. The minimum atomic E-state index is -0.247. The lowest BCUT2D eigenvalue weighted by molar-refractivity contribution is -0.192. The molecule has 2 saturated carbocycles. The average Bonchev–Trinajstić information content (AvgIpc) is 2.55. The molecular formula is C19H23N3O3S. The van der Waals surface area contributed by atoms with Gasteiger partial charge in [0.15, 0.2) is 4.77 Å². The van der Waals surface area contributed by atoms with E-state index in [0.717, 1.165) is 25.9 Å². The highest BCUT2D eigenvalue weighted by Crippen LogP contribution is 2.59. The predicted octanol–water partition coefficient (Wildman–Crippen LogP) is 3.01. The molecule has 1 heterocycles. The molecule has 7 heteroatoms. The number of aromatic nitrogens is 2. The molecular weight excluding hydrogens is 350 g/mol. The first-order valence-electron chi connectivity index (χ1n) is 9.11. The maximum Gasteiger partial charge on any atom is 0.259 e. The van der Waals surface area contributed by atoms with Gasteiger partial charge in [-0.05, 0) is 56.6 Å². The van der Waals surface area contributed by atoms with Crippen molar-refractivity contribution >= 4 is 29.0 Å². The van der Waals surface area contributed by atoms with E-state index in [9.17, 15) is 9.59 Å². The summed E-state index contributed by atoms with van der Waals surface area (Å²) >= 11 is 5.03. The van der Waals surface area contributed by atoms with Crippen LogP contribution in [-0.2, 0) is 4.74 Å². The molecule has 0 bridgehead atoms. The van der Waals surface area contributed by atoms with E-state index < -0.39 is 0 Å². The smallest absolute Gasteiger partial charge is 0.259 e. The fraction of sp³-hybridized carbons (Fsp3) is 0.526. The van der Waals surface area contributed by atoms with Gasteiger partial charge in [0.2, 0.25) is 0 Å². The van der Waals surface area contributed by atoms with E-state index in [1.54, 1.807) is 18.2 Å². The molecule has 2 N–H and O–H groups in total. The lowest BCUT2D eigenvalue weighted by Gasteiger charge is -2.63. The summed E-state index contributed by atoms with van der Waals surface area (Å²) in [5.74, 6) is -0.0299. The second kappa shape index (κ2) is 6.32. The molecule has 2 aliphatic rings. The first kappa shape index (κ1) is 17.4. The SMILES string of the molecule is CCO[C@H]1C[C@H](N(C)C(=O)c2ccc3c(=O)[nH]c(=S)[nH]c3c2)C12CCC2. The van der Waals surface area contributed by atoms with E-state index in [-0.39, 0.29) is 33.8 Å². The summed E-state index contributed by atoms with van der Waals surface area (Å²) in [5.41, 5.74) is 1.03. The van der Waals surface area contributed by atoms with Gasteiger partial charge < -0.3 is 14.6 Å². The third-order valence-electron chi connectivity index (χ3n) is 6.17. The van der Waals surface area contributed by atoms with E-state index in [1.165, 1.54) is 6.42 Å². The molecule has 2 aromatic rings. The molecule has 6 nitrogen and oxygen atoms in total. The van der Waals surface area contributed by atoms with Crippen LogP contribution in [0.15, 0.2) is 23.0 Å². The molecule has 1 aromatic heterocycles. The van der Waals surface area contributed by atoms with E-state index in [4.69, 9.17) is 17.0 Å². The van der Waals surface area contributed by atoms with Crippen molar-refractivity contribution in [3.63, 3.8) is 0 Å². The third-order valence-corrected chi connectivity index (χ3v) is 6.37. The summed E-state index contributed by atoms with van der Waals surface area (Å²) in [6.07, 6.45) is 4.62. The van der Waals surface area contributed by atoms with Crippen LogP contribution in [0.1, 0.15) is 43.0 Å². The van der Waals surface area contributed by atoms with Gasteiger partial charge in [-0.2, -0.15) is 0 Å². The fourth-order valence-corrected chi connectivity index (χ4v) is 4.80. The van der Waals surface area contributed by atoms with E-state index in [2.05, 4.69) is 9.97 Å². The van der Waals surface area contributed by atoms with Crippen molar-refractivity contribution in [2.75, 3.05) is 13.7 Å². The number of amides is 1. The quantitative estimate of drug-likeness (QED) is 0.808. The zero-order valence-electron chi connectivity index (χ0n) is 15.0. The number of benzene rings is 1. The Morgan fingerprint density at radius 1 is 1.38 bits per heavy atom. The molecule has 1 amide bonds. The van der Waals surface area contributed by atoms with Gasteiger partial charge in [-0.25, -0.2) is 0 Å². The Balaban J connectivity index is 1.61. The lowest BCUT2D eigenvalue weighted by atomic mass is 9.50. The molecule has 138 valence electrons. The maximum atomic E-state index is 13.0. The van der Waals surface area contributed by atoms with E-state index >= 15 is 0 Å². The average molecular weight is 373 g/mol. The number of rotatable bonds is 4. The molecule has 4 rings (SSSR count). The zero-order chi connectivity index (χ0) is 18.5. The number of aromatic amines is 2. The Labute approximate surface area is 156 Å². The molecule has 26 heavy (non-hydrogen) atoms. The zero-order valence-corrected chi connectivity index (χ0v) is 15.8. The number of ether oxygens (including phenoxy) is 1. The van der Waals surface area contributed by atoms with Crippen LogP contribution in [0.2, 0.25) is 0 Å². The van der Waals surface area contributed by atoms with Gasteiger partial charge in [-0.1, -0.05) is 6.42 Å². The van der Waals surface area contributed by atoms with Gasteiger partial charge in [0.05, 0.1) is 17.0 Å². The number of H-pyrrole nitrogens is 2. The number of nitrogens with one attached hydrogen (secondary N) is 2. The topological polar surface area (TPSA) is 78.2 Å². The van der Waals surface area contributed by atoms with Gasteiger partial charge in [0, 0.05) is 30.7 Å². The first-order chi connectivity index (χ1) is 12.5. The van der Waals surface area contributed by atoms with Crippen LogP contribution in [-0.4, -0.2) is 46.6 Å². The maximum absolute atomic E-state index is 13.0. The van der Waals surface area contributed by atoms with Crippen molar-refractivity contribution in [2.24, 2.45) is 5.41 Å². The Kier molecular flexibility index (Phi) is 4.23. The summed E-state index contributed by atoms with van der Waals surface area (Å²) in [6, 6.07) is 5.31. The Morgan fingerprint density at radius 2 is 2.15 bits per heavy atom. The Bertz CT molecular complexity index is 976. The van der Waals surface area contributed by atoms with Crippen molar-refractivity contribution < 1.29 is 9.53 Å². The molecule has 0 unspecified atom stereocenters. The van der Waals surface area contributed by atoms with Crippen molar-refractivity contribution in [1.82, 2.24) is 14.9 Å². The van der Waals surface area contributed by atoms with Crippen LogP contribution in [0.25, 0.3) is 10.9 Å². The van der Waals surface area contributed by atoms with Crippen LogP contribution < -0.4 is 5.56 Å². The highest BCUT2D eigenvalue weighted by atomic mass is 32.1.